The molecule has 8 nitrogen and oxygen atoms in total. The lowest BCUT2D eigenvalue weighted by molar-refractivity contribution is -0.131. The first-order valence-electron chi connectivity index (χ1n) is 10.7. The third-order valence-corrected chi connectivity index (χ3v) is 7.74. The molecule has 0 unspecified atom stereocenters. The van der Waals surface area contributed by atoms with Gasteiger partial charge < -0.3 is 14.5 Å². The number of benzene rings is 2. The van der Waals surface area contributed by atoms with Gasteiger partial charge in [0.05, 0.1) is 17.2 Å². The Balaban J connectivity index is 1.87. The van der Waals surface area contributed by atoms with Crippen LogP contribution in [-0.4, -0.2) is 69.5 Å². The highest BCUT2D eigenvalue weighted by Crippen LogP contribution is 2.31. The molecule has 2 aromatic carbocycles. The monoisotopic (exact) mass is 493 g/mol. The molecule has 2 amide bonds. The Bertz CT molecular complexity index is 1110. The van der Waals surface area contributed by atoms with Gasteiger partial charge in [0.25, 0.3) is 10.0 Å². The van der Waals surface area contributed by atoms with Gasteiger partial charge >= 0.3 is 6.09 Å². The Morgan fingerprint density at radius 3 is 2.21 bits per heavy atom. The molecule has 3 rings (SSSR count). The summed E-state index contributed by atoms with van der Waals surface area (Å²) in [6, 6.07) is 11.5. The molecule has 1 saturated heterocycles. The van der Waals surface area contributed by atoms with Crippen LogP contribution >= 0.6 is 11.6 Å². The minimum Gasteiger partial charge on any atom is -0.450 e. The van der Waals surface area contributed by atoms with Gasteiger partial charge in [-0.1, -0.05) is 35.4 Å². The van der Waals surface area contributed by atoms with Crippen LogP contribution in [0.1, 0.15) is 18.1 Å². The van der Waals surface area contributed by atoms with E-state index in [4.69, 9.17) is 16.3 Å². The zero-order valence-corrected chi connectivity index (χ0v) is 20.5. The van der Waals surface area contributed by atoms with Gasteiger partial charge in [0.1, 0.15) is 6.54 Å². The van der Waals surface area contributed by atoms with E-state index in [-0.39, 0.29) is 24.0 Å². The molecule has 1 aliphatic heterocycles. The Kier molecular flexibility index (Phi) is 7.86. The lowest BCUT2D eigenvalue weighted by atomic mass is 10.2. The molecule has 0 bridgehead atoms. The second kappa shape index (κ2) is 10.4. The van der Waals surface area contributed by atoms with E-state index < -0.39 is 16.1 Å². The first-order valence-corrected chi connectivity index (χ1v) is 12.5. The minimum absolute atomic E-state index is 0.0902. The standard InChI is InChI=1S/C23H28ClN3O5S/c1-4-32-23(29)26-14-12-25(13-15-26)22(28)16-27(21-7-5-6-20(24)18(21)3)33(30,31)19-10-8-17(2)9-11-19/h5-11H,4,12-16H2,1-3H3. The van der Waals surface area contributed by atoms with E-state index in [2.05, 4.69) is 0 Å². The van der Waals surface area contributed by atoms with Gasteiger partial charge in [-0.2, -0.15) is 0 Å². The molecule has 0 atom stereocenters. The van der Waals surface area contributed by atoms with Crippen LogP contribution in [-0.2, 0) is 19.6 Å². The fraction of sp³-hybridized carbons (Fsp3) is 0.391. The van der Waals surface area contributed by atoms with Crippen molar-refractivity contribution < 1.29 is 22.7 Å². The molecule has 1 heterocycles. The molecule has 10 heteroatoms. The highest BCUT2D eigenvalue weighted by Gasteiger charge is 2.32. The lowest BCUT2D eigenvalue weighted by Crippen LogP contribution is -2.53. The molecule has 2 aromatic rings. The van der Waals surface area contributed by atoms with Crippen molar-refractivity contribution in [3.63, 3.8) is 0 Å². The summed E-state index contributed by atoms with van der Waals surface area (Å²) in [6.45, 7) is 6.47. The zero-order valence-electron chi connectivity index (χ0n) is 19.0. The van der Waals surface area contributed by atoms with Gasteiger partial charge in [-0.05, 0) is 50.6 Å². The van der Waals surface area contributed by atoms with Crippen molar-refractivity contribution >= 4 is 39.3 Å². The first kappa shape index (κ1) is 24.9. The van der Waals surface area contributed by atoms with E-state index in [1.807, 2.05) is 6.92 Å². The van der Waals surface area contributed by atoms with Gasteiger partial charge in [0.15, 0.2) is 0 Å². The number of anilines is 1. The summed E-state index contributed by atoms with van der Waals surface area (Å²) in [5.74, 6) is -0.353. The maximum atomic E-state index is 13.6. The van der Waals surface area contributed by atoms with E-state index in [1.54, 1.807) is 49.1 Å². The van der Waals surface area contributed by atoms with Gasteiger partial charge in [-0.15, -0.1) is 0 Å². The van der Waals surface area contributed by atoms with Gasteiger partial charge in [0.2, 0.25) is 5.91 Å². The maximum Gasteiger partial charge on any atom is 0.409 e. The SMILES string of the molecule is CCOC(=O)N1CCN(C(=O)CN(c2cccc(Cl)c2C)S(=O)(=O)c2ccc(C)cc2)CC1. The predicted octanol–water partition coefficient (Wildman–Crippen LogP) is 3.45. The highest BCUT2D eigenvalue weighted by atomic mass is 35.5. The fourth-order valence-corrected chi connectivity index (χ4v) is 5.22. The van der Waals surface area contributed by atoms with Crippen molar-refractivity contribution in [1.82, 2.24) is 9.80 Å². The predicted molar refractivity (Wildman–Crippen MR) is 127 cm³/mol. The highest BCUT2D eigenvalue weighted by molar-refractivity contribution is 7.92. The molecule has 178 valence electrons. The van der Waals surface area contributed by atoms with Crippen LogP contribution in [0.3, 0.4) is 0 Å². The molecule has 0 radical (unpaired) electrons. The normalized spacial score (nSPS) is 14.2. The van der Waals surface area contributed by atoms with Crippen LogP contribution in [0.2, 0.25) is 5.02 Å². The Labute approximate surface area is 199 Å². The molecule has 0 aliphatic carbocycles. The number of carbonyl (C=O) groups excluding carboxylic acids is 2. The van der Waals surface area contributed by atoms with Crippen LogP contribution in [0.5, 0.6) is 0 Å². The van der Waals surface area contributed by atoms with E-state index in [0.717, 1.165) is 9.87 Å². The van der Waals surface area contributed by atoms with Gasteiger partial charge in [-0.25, -0.2) is 13.2 Å². The van der Waals surface area contributed by atoms with Crippen molar-refractivity contribution in [2.24, 2.45) is 0 Å². The number of rotatable bonds is 6. The van der Waals surface area contributed by atoms with Crippen LogP contribution in [0.15, 0.2) is 47.4 Å². The molecule has 1 aliphatic rings. The summed E-state index contributed by atoms with van der Waals surface area (Å²) < 4.78 is 33.3. The summed E-state index contributed by atoms with van der Waals surface area (Å²) in [5, 5.41) is 0.409. The number of hydrogen-bond donors (Lipinski definition) is 0. The number of sulfonamides is 1. The van der Waals surface area contributed by atoms with Gasteiger partial charge in [0, 0.05) is 31.2 Å². The lowest BCUT2D eigenvalue weighted by Gasteiger charge is -2.35. The molecule has 0 spiro atoms. The summed E-state index contributed by atoms with van der Waals surface area (Å²) in [5.41, 5.74) is 1.84. The topological polar surface area (TPSA) is 87.2 Å². The fourth-order valence-electron chi connectivity index (χ4n) is 3.58. The molecule has 1 fully saturated rings. The third kappa shape index (κ3) is 5.59. The third-order valence-electron chi connectivity index (χ3n) is 5.55. The molecule has 0 saturated carbocycles. The van der Waals surface area contributed by atoms with Crippen molar-refractivity contribution in [2.45, 2.75) is 25.7 Å². The van der Waals surface area contributed by atoms with Crippen molar-refractivity contribution in [2.75, 3.05) is 43.6 Å². The second-order valence-electron chi connectivity index (χ2n) is 7.78. The first-order chi connectivity index (χ1) is 15.6. The number of halogens is 1. The summed E-state index contributed by atoms with van der Waals surface area (Å²) in [4.78, 5) is 28.3. The van der Waals surface area contributed by atoms with Crippen molar-refractivity contribution in [1.29, 1.82) is 0 Å². The Morgan fingerprint density at radius 1 is 1.00 bits per heavy atom. The van der Waals surface area contributed by atoms with E-state index >= 15 is 0 Å². The molecule has 33 heavy (non-hydrogen) atoms. The van der Waals surface area contributed by atoms with Crippen LogP contribution in [0.4, 0.5) is 10.5 Å². The Hall–Kier alpha value is -2.78. The average Bonchev–Trinajstić information content (AvgIpc) is 2.80. The molecule has 0 aromatic heterocycles. The average molecular weight is 494 g/mol. The molecule has 0 N–H and O–H groups in total. The number of carbonyl (C=O) groups is 2. The second-order valence-corrected chi connectivity index (χ2v) is 10.0. The number of aryl methyl sites for hydroxylation is 1. The van der Waals surface area contributed by atoms with Crippen LogP contribution < -0.4 is 4.31 Å². The number of ether oxygens (including phenoxy) is 1. The summed E-state index contributed by atoms with van der Waals surface area (Å²) in [7, 11) is -4.03. The van der Waals surface area contributed by atoms with E-state index in [9.17, 15) is 18.0 Å². The smallest absolute Gasteiger partial charge is 0.409 e. The van der Waals surface area contributed by atoms with E-state index in [0.29, 0.717) is 42.5 Å². The molecular weight excluding hydrogens is 466 g/mol. The van der Waals surface area contributed by atoms with E-state index in [1.165, 1.54) is 17.0 Å². The van der Waals surface area contributed by atoms with Gasteiger partial charge in [-0.3, -0.25) is 9.10 Å². The zero-order chi connectivity index (χ0) is 24.2. The summed E-state index contributed by atoms with van der Waals surface area (Å²) >= 11 is 6.27. The maximum absolute atomic E-state index is 13.6. The van der Waals surface area contributed by atoms with Crippen LogP contribution in [0.25, 0.3) is 0 Å². The number of amides is 2. The number of nitrogens with zero attached hydrogens (tertiary/aromatic N) is 3. The van der Waals surface area contributed by atoms with Crippen LogP contribution in [0, 0.1) is 13.8 Å². The minimum atomic E-state index is -4.03. The largest absolute Gasteiger partial charge is 0.450 e. The Morgan fingerprint density at radius 2 is 1.61 bits per heavy atom. The molecular formula is C23H28ClN3O5S. The van der Waals surface area contributed by atoms with Crippen molar-refractivity contribution in [3.05, 3.63) is 58.6 Å². The van der Waals surface area contributed by atoms with Crippen molar-refractivity contribution in [3.8, 4) is 0 Å². The summed E-state index contributed by atoms with van der Waals surface area (Å²) in [6.07, 6.45) is -0.414. The number of piperazine rings is 1. The number of hydrogen-bond acceptors (Lipinski definition) is 5. The quantitative estimate of drug-likeness (QED) is 0.615.